The number of aromatic amines is 1. The summed E-state index contributed by atoms with van der Waals surface area (Å²) in [6.45, 7) is 3.89. The van der Waals surface area contributed by atoms with Gasteiger partial charge in [-0.25, -0.2) is 13.9 Å². The summed E-state index contributed by atoms with van der Waals surface area (Å²) in [6.07, 6.45) is 1.84. The number of piperidine rings is 1. The van der Waals surface area contributed by atoms with E-state index in [9.17, 15) is 13.6 Å². The molecule has 0 bridgehead atoms. The Balaban J connectivity index is 1.58. The van der Waals surface area contributed by atoms with Gasteiger partial charge in [-0.1, -0.05) is 11.2 Å². The van der Waals surface area contributed by atoms with Crippen LogP contribution in [0.2, 0.25) is 0 Å². The Morgan fingerprint density at radius 1 is 1.25 bits per heavy atom. The van der Waals surface area contributed by atoms with Gasteiger partial charge in [-0.05, 0) is 44.0 Å². The van der Waals surface area contributed by atoms with Crippen LogP contribution in [0.25, 0.3) is 11.3 Å². The molecule has 2 aromatic heterocycles. The van der Waals surface area contributed by atoms with Gasteiger partial charge in [0.15, 0.2) is 17.4 Å². The zero-order chi connectivity index (χ0) is 19.7. The van der Waals surface area contributed by atoms with Gasteiger partial charge in [0.2, 0.25) is 0 Å². The van der Waals surface area contributed by atoms with Gasteiger partial charge in [-0.3, -0.25) is 9.69 Å². The number of aryl methyl sites for hydroxylation is 1. The van der Waals surface area contributed by atoms with Crippen LogP contribution in [0.3, 0.4) is 0 Å². The molecule has 1 fully saturated rings. The highest BCUT2D eigenvalue weighted by Crippen LogP contribution is 2.32. The molecule has 0 radical (unpaired) electrons. The Hall–Kier alpha value is -2.87. The fourth-order valence-electron chi connectivity index (χ4n) is 3.73. The Morgan fingerprint density at radius 3 is 2.86 bits per heavy atom. The monoisotopic (exact) mass is 386 g/mol. The van der Waals surface area contributed by atoms with Crippen molar-refractivity contribution >= 4 is 0 Å². The molecule has 0 amide bonds. The second-order valence-electron chi connectivity index (χ2n) is 7.19. The number of halogens is 2. The number of rotatable bonds is 4. The maximum absolute atomic E-state index is 13.5. The molecule has 0 aliphatic carbocycles. The summed E-state index contributed by atoms with van der Waals surface area (Å²) in [4.78, 5) is 14.0. The minimum atomic E-state index is -0.843. The van der Waals surface area contributed by atoms with Crippen LogP contribution in [0, 0.1) is 18.6 Å². The zero-order valence-electron chi connectivity index (χ0n) is 15.4. The summed E-state index contributed by atoms with van der Waals surface area (Å²) >= 11 is 0. The van der Waals surface area contributed by atoms with Crippen molar-refractivity contribution in [3.05, 3.63) is 69.3 Å². The maximum Gasteiger partial charge on any atom is 0.264 e. The van der Waals surface area contributed by atoms with Gasteiger partial charge >= 0.3 is 0 Å². The topological polar surface area (TPSA) is 75.0 Å². The SMILES string of the molecule is Cc1cc(-c2cc(=O)[nH]nc2[C@@H]2CCCN(Cc3ccc(F)c(F)c3)C2)on1. The molecule has 1 N–H and O–H groups in total. The summed E-state index contributed by atoms with van der Waals surface area (Å²) in [7, 11) is 0. The largest absolute Gasteiger partial charge is 0.356 e. The quantitative estimate of drug-likeness (QED) is 0.744. The lowest BCUT2D eigenvalue weighted by Gasteiger charge is -2.32. The second kappa shape index (κ2) is 7.63. The first-order chi connectivity index (χ1) is 13.5. The Labute approximate surface area is 160 Å². The van der Waals surface area contributed by atoms with Crippen LogP contribution in [-0.2, 0) is 6.54 Å². The maximum atomic E-state index is 13.5. The first-order valence-electron chi connectivity index (χ1n) is 9.19. The van der Waals surface area contributed by atoms with Crippen molar-refractivity contribution in [2.75, 3.05) is 13.1 Å². The molecule has 8 heteroatoms. The van der Waals surface area contributed by atoms with Gasteiger partial charge in [-0.2, -0.15) is 5.10 Å². The number of hydrogen-bond donors (Lipinski definition) is 1. The van der Waals surface area contributed by atoms with Gasteiger partial charge < -0.3 is 4.52 Å². The van der Waals surface area contributed by atoms with Gasteiger partial charge in [0.25, 0.3) is 5.56 Å². The van der Waals surface area contributed by atoms with E-state index in [1.54, 1.807) is 12.1 Å². The smallest absolute Gasteiger partial charge is 0.264 e. The van der Waals surface area contributed by atoms with Crippen LogP contribution in [0.5, 0.6) is 0 Å². The number of nitrogens with one attached hydrogen (secondary N) is 1. The number of likely N-dealkylation sites (tertiary alicyclic amines) is 1. The summed E-state index contributed by atoms with van der Waals surface area (Å²) in [5.41, 5.74) is 2.54. The third-order valence-electron chi connectivity index (χ3n) is 5.01. The molecule has 146 valence electrons. The highest BCUT2D eigenvalue weighted by molar-refractivity contribution is 5.60. The van der Waals surface area contributed by atoms with E-state index in [0.717, 1.165) is 42.4 Å². The van der Waals surface area contributed by atoms with E-state index in [1.165, 1.54) is 12.1 Å². The highest BCUT2D eigenvalue weighted by atomic mass is 19.2. The summed E-state index contributed by atoms with van der Waals surface area (Å²) in [5.74, 6) is -1.08. The molecule has 3 heterocycles. The summed E-state index contributed by atoms with van der Waals surface area (Å²) in [6, 6.07) is 7.25. The van der Waals surface area contributed by atoms with E-state index in [1.807, 2.05) is 6.92 Å². The third-order valence-corrected chi connectivity index (χ3v) is 5.01. The molecular weight excluding hydrogens is 366 g/mol. The van der Waals surface area contributed by atoms with E-state index in [2.05, 4.69) is 20.3 Å². The van der Waals surface area contributed by atoms with Gasteiger partial charge in [0.05, 0.1) is 11.4 Å². The average Bonchev–Trinajstić information content (AvgIpc) is 3.11. The summed E-state index contributed by atoms with van der Waals surface area (Å²) < 4.78 is 32.0. The third kappa shape index (κ3) is 3.87. The van der Waals surface area contributed by atoms with Crippen molar-refractivity contribution in [3.63, 3.8) is 0 Å². The van der Waals surface area contributed by atoms with E-state index < -0.39 is 11.6 Å². The molecule has 1 aromatic carbocycles. The molecule has 0 spiro atoms. The van der Waals surface area contributed by atoms with Crippen molar-refractivity contribution in [1.29, 1.82) is 0 Å². The van der Waals surface area contributed by atoms with Crippen LogP contribution in [0.15, 0.2) is 39.6 Å². The van der Waals surface area contributed by atoms with Crippen molar-refractivity contribution in [1.82, 2.24) is 20.3 Å². The number of nitrogens with zero attached hydrogens (tertiary/aromatic N) is 3. The lowest BCUT2D eigenvalue weighted by atomic mass is 9.91. The number of aromatic nitrogens is 3. The van der Waals surface area contributed by atoms with E-state index >= 15 is 0 Å². The van der Waals surface area contributed by atoms with E-state index in [-0.39, 0.29) is 11.5 Å². The minimum absolute atomic E-state index is 0.0799. The standard InChI is InChI=1S/C20H20F2N4O2/c1-12-7-18(28-25-12)15-9-19(27)23-24-20(15)14-3-2-6-26(11-14)10-13-4-5-16(21)17(22)8-13/h4-5,7-9,14H,2-3,6,10-11H2,1H3,(H,23,27)/t14-/m1/s1. The van der Waals surface area contributed by atoms with Crippen LogP contribution in [0.1, 0.15) is 35.7 Å². The molecule has 1 aliphatic heterocycles. The number of hydrogen-bond acceptors (Lipinski definition) is 5. The highest BCUT2D eigenvalue weighted by Gasteiger charge is 2.26. The van der Waals surface area contributed by atoms with Crippen molar-refractivity contribution in [2.45, 2.75) is 32.2 Å². The molecular formula is C20H20F2N4O2. The lowest BCUT2D eigenvalue weighted by molar-refractivity contribution is 0.198. The van der Waals surface area contributed by atoms with Crippen molar-refractivity contribution < 1.29 is 13.3 Å². The molecule has 3 aromatic rings. The zero-order valence-corrected chi connectivity index (χ0v) is 15.4. The van der Waals surface area contributed by atoms with Gasteiger partial charge in [-0.15, -0.1) is 0 Å². The first-order valence-corrected chi connectivity index (χ1v) is 9.19. The molecule has 28 heavy (non-hydrogen) atoms. The lowest BCUT2D eigenvalue weighted by Crippen LogP contribution is -2.34. The Morgan fingerprint density at radius 2 is 2.11 bits per heavy atom. The second-order valence-corrected chi connectivity index (χ2v) is 7.19. The fourth-order valence-corrected chi connectivity index (χ4v) is 3.73. The van der Waals surface area contributed by atoms with Crippen LogP contribution in [-0.4, -0.2) is 33.3 Å². The molecule has 6 nitrogen and oxygen atoms in total. The van der Waals surface area contributed by atoms with E-state index in [0.29, 0.717) is 24.4 Å². The molecule has 0 unspecified atom stereocenters. The Bertz CT molecular complexity index is 1050. The molecule has 4 rings (SSSR count). The predicted molar refractivity (Wildman–Crippen MR) is 98.7 cm³/mol. The molecule has 1 atom stereocenters. The van der Waals surface area contributed by atoms with Crippen LogP contribution >= 0.6 is 0 Å². The van der Waals surface area contributed by atoms with E-state index in [4.69, 9.17) is 4.52 Å². The first kappa shape index (κ1) is 18.5. The van der Waals surface area contributed by atoms with Gasteiger partial charge in [0, 0.05) is 36.7 Å². The van der Waals surface area contributed by atoms with Crippen molar-refractivity contribution in [3.8, 4) is 11.3 Å². The fraction of sp³-hybridized carbons (Fsp3) is 0.350. The Kier molecular flexibility index (Phi) is 5.04. The molecule has 1 aliphatic rings. The van der Waals surface area contributed by atoms with Crippen LogP contribution < -0.4 is 5.56 Å². The molecule has 1 saturated heterocycles. The van der Waals surface area contributed by atoms with Crippen molar-refractivity contribution in [2.24, 2.45) is 0 Å². The number of benzene rings is 1. The minimum Gasteiger partial charge on any atom is -0.356 e. The molecule has 0 saturated carbocycles. The van der Waals surface area contributed by atoms with Gasteiger partial charge in [0.1, 0.15) is 0 Å². The predicted octanol–water partition coefficient (Wildman–Crippen LogP) is 3.39. The normalized spacial score (nSPS) is 17.8. The summed E-state index contributed by atoms with van der Waals surface area (Å²) in [5, 5.41) is 10.7. The number of H-pyrrole nitrogens is 1. The average molecular weight is 386 g/mol. The van der Waals surface area contributed by atoms with Crippen LogP contribution in [0.4, 0.5) is 8.78 Å².